The number of phenols is 1. The van der Waals surface area contributed by atoms with Gasteiger partial charge >= 0.3 is 0 Å². The molecule has 1 heterocycles. The summed E-state index contributed by atoms with van der Waals surface area (Å²) in [5.74, 6) is 0.168. The predicted molar refractivity (Wildman–Crippen MR) is 73.7 cm³/mol. The van der Waals surface area contributed by atoms with Gasteiger partial charge in [-0.1, -0.05) is 6.07 Å². The van der Waals surface area contributed by atoms with Gasteiger partial charge in [0.2, 0.25) is 0 Å². The number of hydrogen-bond donors (Lipinski definition) is 1. The van der Waals surface area contributed by atoms with E-state index in [4.69, 9.17) is 0 Å². The van der Waals surface area contributed by atoms with Crippen molar-refractivity contribution in [1.82, 2.24) is 9.55 Å². The zero-order chi connectivity index (χ0) is 13.4. The Hall–Kier alpha value is -2.62. The number of phenolic OH excluding ortho intramolecular Hbond substituents is 1. The minimum absolute atomic E-state index is 0.115. The fourth-order valence-electron chi connectivity index (χ4n) is 2.03. The molecule has 0 aliphatic carbocycles. The van der Waals surface area contributed by atoms with Crippen LogP contribution in [0.25, 0.3) is 16.6 Å². The lowest BCUT2D eigenvalue weighted by Crippen LogP contribution is -2.18. The van der Waals surface area contributed by atoms with Crippen LogP contribution in [0.15, 0.2) is 53.6 Å². The first kappa shape index (κ1) is 11.5. The molecule has 0 atom stereocenters. The molecule has 0 spiro atoms. The van der Waals surface area contributed by atoms with Gasteiger partial charge in [0.1, 0.15) is 12.1 Å². The molecule has 0 aliphatic heterocycles. The van der Waals surface area contributed by atoms with Gasteiger partial charge in [-0.05, 0) is 48.9 Å². The van der Waals surface area contributed by atoms with Crippen LogP contribution in [0.1, 0.15) is 5.56 Å². The van der Waals surface area contributed by atoms with Crippen molar-refractivity contribution in [2.24, 2.45) is 0 Å². The average Bonchev–Trinajstić information content (AvgIpc) is 2.40. The maximum Gasteiger partial charge on any atom is 0.265 e. The van der Waals surface area contributed by atoms with E-state index in [0.29, 0.717) is 16.6 Å². The van der Waals surface area contributed by atoms with E-state index in [1.807, 2.05) is 19.1 Å². The summed E-state index contributed by atoms with van der Waals surface area (Å²) in [6.07, 6.45) is 1.51. The molecule has 19 heavy (non-hydrogen) atoms. The lowest BCUT2D eigenvalue weighted by Gasteiger charge is -2.07. The topological polar surface area (TPSA) is 55.1 Å². The van der Waals surface area contributed by atoms with Crippen LogP contribution in [0.2, 0.25) is 0 Å². The molecule has 0 fully saturated rings. The number of aromatic hydroxyl groups is 1. The van der Waals surface area contributed by atoms with Gasteiger partial charge in [-0.3, -0.25) is 9.36 Å². The Labute approximate surface area is 109 Å². The quantitative estimate of drug-likeness (QED) is 0.723. The summed E-state index contributed by atoms with van der Waals surface area (Å²) in [4.78, 5) is 16.7. The maximum absolute atomic E-state index is 12.4. The molecule has 0 radical (unpaired) electrons. The highest BCUT2D eigenvalue weighted by Crippen LogP contribution is 2.14. The molecular weight excluding hydrogens is 240 g/mol. The fourth-order valence-corrected chi connectivity index (χ4v) is 2.03. The molecule has 3 aromatic rings. The van der Waals surface area contributed by atoms with Crippen molar-refractivity contribution in [2.45, 2.75) is 6.92 Å². The Morgan fingerprint density at radius 2 is 1.84 bits per heavy atom. The van der Waals surface area contributed by atoms with Crippen LogP contribution >= 0.6 is 0 Å². The number of aryl methyl sites for hydroxylation is 1. The molecular formula is C15H12N2O2. The minimum Gasteiger partial charge on any atom is -0.508 e. The van der Waals surface area contributed by atoms with Gasteiger partial charge in [0.25, 0.3) is 5.56 Å². The molecule has 0 unspecified atom stereocenters. The van der Waals surface area contributed by atoms with Crippen molar-refractivity contribution in [3.8, 4) is 11.4 Å². The Balaban J connectivity index is 2.26. The number of hydrogen-bond acceptors (Lipinski definition) is 3. The molecule has 4 nitrogen and oxygen atoms in total. The van der Waals surface area contributed by atoms with Crippen molar-refractivity contribution in [3.05, 3.63) is 64.7 Å². The van der Waals surface area contributed by atoms with Crippen LogP contribution in [0.3, 0.4) is 0 Å². The monoisotopic (exact) mass is 252 g/mol. The molecule has 3 rings (SSSR count). The highest BCUT2D eigenvalue weighted by atomic mass is 16.3. The lowest BCUT2D eigenvalue weighted by molar-refractivity contribution is 0.475. The minimum atomic E-state index is -0.115. The molecule has 4 heteroatoms. The van der Waals surface area contributed by atoms with E-state index in [-0.39, 0.29) is 11.3 Å². The first-order valence-corrected chi connectivity index (χ1v) is 5.92. The van der Waals surface area contributed by atoms with Gasteiger partial charge in [0.05, 0.1) is 16.6 Å². The number of rotatable bonds is 1. The summed E-state index contributed by atoms with van der Waals surface area (Å²) >= 11 is 0. The molecule has 0 saturated heterocycles. The summed E-state index contributed by atoms with van der Waals surface area (Å²) in [6.45, 7) is 1.96. The molecule has 0 bridgehead atoms. The Morgan fingerprint density at radius 3 is 2.58 bits per heavy atom. The molecule has 94 valence electrons. The van der Waals surface area contributed by atoms with Gasteiger partial charge in [-0.25, -0.2) is 4.98 Å². The van der Waals surface area contributed by atoms with Crippen molar-refractivity contribution in [2.75, 3.05) is 0 Å². The van der Waals surface area contributed by atoms with Crippen molar-refractivity contribution >= 4 is 10.9 Å². The third-order valence-electron chi connectivity index (χ3n) is 3.04. The van der Waals surface area contributed by atoms with Gasteiger partial charge in [-0.15, -0.1) is 0 Å². The molecule has 1 aromatic heterocycles. The average molecular weight is 252 g/mol. The molecule has 0 aliphatic rings. The van der Waals surface area contributed by atoms with Crippen LogP contribution < -0.4 is 5.56 Å². The van der Waals surface area contributed by atoms with Gasteiger partial charge in [0, 0.05) is 0 Å². The first-order valence-electron chi connectivity index (χ1n) is 5.92. The van der Waals surface area contributed by atoms with Crippen molar-refractivity contribution in [3.63, 3.8) is 0 Å². The van der Waals surface area contributed by atoms with E-state index in [1.165, 1.54) is 10.9 Å². The Bertz CT molecular complexity index is 804. The molecule has 1 N–H and O–H groups in total. The fraction of sp³-hybridized carbons (Fsp3) is 0.0667. The zero-order valence-corrected chi connectivity index (χ0v) is 10.4. The number of aromatic nitrogens is 2. The van der Waals surface area contributed by atoms with Crippen molar-refractivity contribution in [1.29, 1.82) is 0 Å². The van der Waals surface area contributed by atoms with Gasteiger partial charge in [-0.2, -0.15) is 0 Å². The second kappa shape index (κ2) is 4.24. The summed E-state index contributed by atoms with van der Waals surface area (Å²) < 4.78 is 1.47. The van der Waals surface area contributed by atoms with E-state index in [2.05, 4.69) is 4.98 Å². The zero-order valence-electron chi connectivity index (χ0n) is 10.4. The number of benzene rings is 2. The smallest absolute Gasteiger partial charge is 0.265 e. The SMILES string of the molecule is Cc1ccc2c(=O)n(-c3ccc(O)cc3)cnc2c1. The second-order valence-corrected chi connectivity index (χ2v) is 4.46. The molecule has 0 saturated carbocycles. The maximum atomic E-state index is 12.4. The third-order valence-corrected chi connectivity index (χ3v) is 3.04. The Kier molecular flexibility index (Phi) is 2.56. The van der Waals surface area contributed by atoms with E-state index in [9.17, 15) is 9.90 Å². The van der Waals surface area contributed by atoms with E-state index < -0.39 is 0 Å². The van der Waals surface area contributed by atoms with Crippen LogP contribution in [0, 0.1) is 6.92 Å². The summed E-state index contributed by atoms with van der Waals surface area (Å²) in [5.41, 5.74) is 2.33. The second-order valence-electron chi connectivity index (χ2n) is 4.46. The summed E-state index contributed by atoms with van der Waals surface area (Å²) in [6, 6.07) is 12.0. The highest BCUT2D eigenvalue weighted by molar-refractivity contribution is 5.78. The standard InChI is InChI=1S/C15H12N2O2/c1-10-2-7-13-14(8-10)16-9-17(15(13)19)11-3-5-12(18)6-4-11/h2-9,18H,1H3. The third kappa shape index (κ3) is 1.97. The van der Waals surface area contributed by atoms with Crippen LogP contribution in [-0.4, -0.2) is 14.7 Å². The predicted octanol–water partition coefficient (Wildman–Crippen LogP) is 2.40. The van der Waals surface area contributed by atoms with Gasteiger partial charge in [0.15, 0.2) is 0 Å². The van der Waals surface area contributed by atoms with Crippen molar-refractivity contribution < 1.29 is 5.11 Å². The van der Waals surface area contributed by atoms with Crippen LogP contribution in [0.5, 0.6) is 5.75 Å². The molecule has 0 amide bonds. The van der Waals surface area contributed by atoms with Crippen LogP contribution in [-0.2, 0) is 0 Å². The van der Waals surface area contributed by atoms with E-state index in [0.717, 1.165) is 5.56 Å². The Morgan fingerprint density at radius 1 is 1.11 bits per heavy atom. The van der Waals surface area contributed by atoms with E-state index >= 15 is 0 Å². The number of fused-ring (bicyclic) bond motifs is 1. The summed E-state index contributed by atoms with van der Waals surface area (Å²) in [5, 5.41) is 9.86. The van der Waals surface area contributed by atoms with E-state index in [1.54, 1.807) is 30.3 Å². The number of nitrogens with zero attached hydrogens (tertiary/aromatic N) is 2. The largest absolute Gasteiger partial charge is 0.508 e. The molecule has 2 aromatic carbocycles. The van der Waals surface area contributed by atoms with Crippen LogP contribution in [0.4, 0.5) is 0 Å². The summed E-state index contributed by atoms with van der Waals surface area (Å²) in [7, 11) is 0. The first-order chi connectivity index (χ1) is 9.15. The lowest BCUT2D eigenvalue weighted by atomic mass is 10.2. The highest BCUT2D eigenvalue weighted by Gasteiger charge is 2.05. The van der Waals surface area contributed by atoms with Gasteiger partial charge < -0.3 is 5.11 Å². The normalized spacial score (nSPS) is 10.8.